The number of aryl methyl sites for hydroxylation is 2. The van der Waals surface area contributed by atoms with Crippen LogP contribution >= 0.6 is 12.2 Å². The molecular formula is C11H12FN3OS. The van der Waals surface area contributed by atoms with Gasteiger partial charge in [0, 0.05) is 0 Å². The predicted molar refractivity (Wildman–Crippen MR) is 65.2 cm³/mol. The van der Waals surface area contributed by atoms with Crippen LogP contribution in [-0.2, 0) is 6.54 Å². The van der Waals surface area contributed by atoms with Crippen molar-refractivity contribution in [2.75, 3.05) is 0 Å². The molecule has 0 amide bonds. The highest BCUT2D eigenvalue weighted by Crippen LogP contribution is 2.15. The van der Waals surface area contributed by atoms with Gasteiger partial charge >= 0.3 is 5.69 Å². The number of nitrogens with one attached hydrogen (secondary N) is 2. The number of nitrogens with zero attached hydrogens (tertiary/aromatic N) is 1. The molecule has 0 aliphatic carbocycles. The van der Waals surface area contributed by atoms with Crippen LogP contribution in [0.25, 0.3) is 0 Å². The van der Waals surface area contributed by atoms with E-state index in [0.29, 0.717) is 22.4 Å². The Kier molecular flexibility index (Phi) is 2.97. The zero-order chi connectivity index (χ0) is 12.6. The number of benzene rings is 1. The largest absolute Gasteiger partial charge is 0.342 e. The van der Waals surface area contributed by atoms with Crippen LogP contribution < -0.4 is 5.69 Å². The lowest BCUT2D eigenvalue weighted by atomic mass is 10.1. The molecule has 0 aliphatic heterocycles. The lowest BCUT2D eigenvalue weighted by Gasteiger charge is -2.06. The van der Waals surface area contributed by atoms with Crippen molar-refractivity contribution in [1.29, 1.82) is 0 Å². The van der Waals surface area contributed by atoms with Crippen LogP contribution in [0.4, 0.5) is 4.39 Å². The predicted octanol–water partition coefficient (Wildman–Crippen LogP) is 2.04. The average molecular weight is 253 g/mol. The standard InChI is InChI=1S/C11H12FN3OS/c1-6-3-8(4-7(2)9(6)12)5-15-10(16)13-14-11(15)17/h3-4H,5H2,1-2H3,(H,13,16)(H,14,17). The number of hydrogen-bond acceptors (Lipinski definition) is 2. The maximum Gasteiger partial charge on any atom is 0.342 e. The Morgan fingerprint density at radius 2 is 1.88 bits per heavy atom. The second-order valence-electron chi connectivity index (χ2n) is 3.99. The fourth-order valence-electron chi connectivity index (χ4n) is 1.79. The van der Waals surface area contributed by atoms with E-state index < -0.39 is 0 Å². The van der Waals surface area contributed by atoms with Crippen LogP contribution in [0.15, 0.2) is 16.9 Å². The maximum atomic E-state index is 13.4. The summed E-state index contributed by atoms with van der Waals surface area (Å²) in [6.45, 7) is 3.73. The van der Waals surface area contributed by atoms with Crippen LogP contribution in [0.5, 0.6) is 0 Å². The second kappa shape index (κ2) is 4.29. The normalized spacial score (nSPS) is 10.8. The average Bonchev–Trinajstić information content (AvgIpc) is 2.57. The Labute approximate surface area is 102 Å². The van der Waals surface area contributed by atoms with E-state index in [0.717, 1.165) is 5.56 Å². The van der Waals surface area contributed by atoms with Crippen LogP contribution in [0.3, 0.4) is 0 Å². The van der Waals surface area contributed by atoms with Gasteiger partial charge in [0.2, 0.25) is 0 Å². The van der Waals surface area contributed by atoms with E-state index >= 15 is 0 Å². The quantitative estimate of drug-likeness (QED) is 0.805. The van der Waals surface area contributed by atoms with E-state index in [1.54, 1.807) is 26.0 Å². The fraction of sp³-hybridized carbons (Fsp3) is 0.273. The van der Waals surface area contributed by atoms with Gasteiger partial charge in [0.1, 0.15) is 5.82 Å². The summed E-state index contributed by atoms with van der Waals surface area (Å²) in [6, 6.07) is 3.44. The van der Waals surface area contributed by atoms with E-state index in [2.05, 4.69) is 10.2 Å². The summed E-state index contributed by atoms with van der Waals surface area (Å²) in [4.78, 5) is 11.4. The smallest absolute Gasteiger partial charge is 0.272 e. The van der Waals surface area contributed by atoms with Crippen molar-refractivity contribution in [3.63, 3.8) is 0 Å². The first-order valence-corrected chi connectivity index (χ1v) is 5.53. The molecule has 90 valence electrons. The summed E-state index contributed by atoms with van der Waals surface area (Å²) in [7, 11) is 0. The van der Waals surface area contributed by atoms with Gasteiger partial charge in [-0.1, -0.05) is 12.1 Å². The molecular weight excluding hydrogens is 241 g/mol. The topological polar surface area (TPSA) is 53.6 Å². The first kappa shape index (κ1) is 11.8. The SMILES string of the molecule is Cc1cc(Cn2c(=O)[nH][nH]c2=S)cc(C)c1F. The first-order valence-electron chi connectivity index (χ1n) is 5.12. The third-order valence-electron chi connectivity index (χ3n) is 2.60. The molecule has 2 rings (SSSR count). The molecule has 2 N–H and O–H groups in total. The van der Waals surface area contributed by atoms with Crippen molar-refractivity contribution >= 4 is 12.2 Å². The van der Waals surface area contributed by atoms with Gasteiger partial charge in [0.15, 0.2) is 4.77 Å². The summed E-state index contributed by atoms with van der Waals surface area (Å²) in [6.07, 6.45) is 0. The molecule has 2 aromatic rings. The molecule has 0 aliphatic rings. The number of hydrogen-bond donors (Lipinski definition) is 2. The Bertz CT molecular complexity index is 617. The lowest BCUT2D eigenvalue weighted by molar-refractivity contribution is 0.607. The van der Waals surface area contributed by atoms with Crippen molar-refractivity contribution < 1.29 is 4.39 Å². The van der Waals surface area contributed by atoms with Crippen LogP contribution in [0.2, 0.25) is 0 Å². The molecule has 1 aromatic carbocycles. The second-order valence-corrected chi connectivity index (χ2v) is 4.38. The molecule has 17 heavy (non-hydrogen) atoms. The zero-order valence-electron chi connectivity index (χ0n) is 9.50. The third-order valence-corrected chi connectivity index (χ3v) is 2.93. The van der Waals surface area contributed by atoms with Crippen molar-refractivity contribution in [3.05, 3.63) is 49.9 Å². The molecule has 0 radical (unpaired) electrons. The van der Waals surface area contributed by atoms with Gasteiger partial charge in [0.05, 0.1) is 6.54 Å². The summed E-state index contributed by atoms with van der Waals surface area (Å²) >= 11 is 4.97. The van der Waals surface area contributed by atoms with Gasteiger partial charge in [-0.2, -0.15) is 0 Å². The lowest BCUT2D eigenvalue weighted by Crippen LogP contribution is -2.17. The molecule has 1 aromatic heterocycles. The highest BCUT2D eigenvalue weighted by Gasteiger charge is 2.06. The zero-order valence-corrected chi connectivity index (χ0v) is 10.3. The van der Waals surface area contributed by atoms with E-state index in [1.165, 1.54) is 4.57 Å². The minimum Gasteiger partial charge on any atom is -0.272 e. The van der Waals surface area contributed by atoms with Gasteiger partial charge < -0.3 is 0 Å². The van der Waals surface area contributed by atoms with Crippen LogP contribution in [0.1, 0.15) is 16.7 Å². The number of halogens is 1. The summed E-state index contributed by atoms with van der Waals surface area (Å²) in [5, 5.41) is 4.97. The van der Waals surface area contributed by atoms with Gasteiger partial charge in [-0.15, -0.1) is 0 Å². The van der Waals surface area contributed by atoms with Crippen LogP contribution in [0, 0.1) is 24.4 Å². The Hall–Kier alpha value is -1.69. The molecule has 0 atom stereocenters. The van der Waals surface area contributed by atoms with Crippen molar-refractivity contribution in [3.8, 4) is 0 Å². The minimum absolute atomic E-state index is 0.208. The van der Waals surface area contributed by atoms with Gasteiger partial charge in [-0.3, -0.25) is 9.67 Å². The monoisotopic (exact) mass is 253 g/mol. The minimum atomic E-state index is -0.297. The fourth-order valence-corrected chi connectivity index (χ4v) is 1.99. The van der Waals surface area contributed by atoms with Gasteiger partial charge in [-0.25, -0.2) is 14.3 Å². The highest BCUT2D eigenvalue weighted by molar-refractivity contribution is 7.71. The Morgan fingerprint density at radius 1 is 1.29 bits per heavy atom. The molecule has 0 saturated heterocycles. The molecule has 0 unspecified atom stereocenters. The van der Waals surface area contributed by atoms with Crippen LogP contribution in [-0.4, -0.2) is 14.8 Å². The van der Waals surface area contributed by atoms with E-state index in [4.69, 9.17) is 12.2 Å². The highest BCUT2D eigenvalue weighted by atomic mass is 32.1. The van der Waals surface area contributed by atoms with Crippen molar-refractivity contribution in [1.82, 2.24) is 14.8 Å². The molecule has 0 saturated carbocycles. The van der Waals surface area contributed by atoms with E-state index in [9.17, 15) is 9.18 Å². The van der Waals surface area contributed by atoms with E-state index in [-0.39, 0.29) is 11.5 Å². The number of H-pyrrole nitrogens is 2. The summed E-state index contributed by atoms with van der Waals surface area (Å²) in [5.74, 6) is -0.208. The maximum absolute atomic E-state index is 13.4. The number of aromatic amines is 2. The molecule has 0 fully saturated rings. The number of aromatic nitrogens is 3. The van der Waals surface area contributed by atoms with Crippen molar-refractivity contribution in [2.24, 2.45) is 0 Å². The number of rotatable bonds is 2. The summed E-state index contributed by atoms with van der Waals surface area (Å²) < 4.78 is 15.2. The third kappa shape index (κ3) is 2.21. The Balaban J connectivity index is 2.44. The molecule has 1 heterocycles. The molecule has 4 nitrogen and oxygen atoms in total. The first-order chi connectivity index (χ1) is 7.99. The molecule has 0 bridgehead atoms. The molecule has 6 heteroatoms. The van der Waals surface area contributed by atoms with E-state index in [1.807, 2.05) is 0 Å². The summed E-state index contributed by atoms with van der Waals surface area (Å²) in [5.41, 5.74) is 1.69. The Morgan fingerprint density at radius 3 is 2.35 bits per heavy atom. The van der Waals surface area contributed by atoms with Crippen molar-refractivity contribution in [2.45, 2.75) is 20.4 Å². The van der Waals surface area contributed by atoms with Gasteiger partial charge in [0.25, 0.3) is 0 Å². The van der Waals surface area contributed by atoms with Gasteiger partial charge in [-0.05, 0) is 42.8 Å². The molecule has 0 spiro atoms.